The quantitative estimate of drug-likeness (QED) is 0.542. The van der Waals surface area contributed by atoms with Crippen molar-refractivity contribution in [1.29, 1.82) is 0 Å². The maximum Gasteiger partial charge on any atom is 0.297 e. The smallest absolute Gasteiger partial charge is 0.297 e. The Morgan fingerprint density at radius 3 is 1.45 bits per heavy atom. The van der Waals surface area contributed by atoms with E-state index in [4.69, 9.17) is 17.8 Å². The van der Waals surface area contributed by atoms with E-state index in [-0.39, 0.29) is 23.0 Å². The third kappa shape index (κ3) is 5.71. The zero-order valence-electron chi connectivity index (χ0n) is 17.8. The third-order valence-electron chi connectivity index (χ3n) is 4.79. The molecule has 1 aliphatic heterocycles. The summed E-state index contributed by atoms with van der Waals surface area (Å²) in [6.07, 6.45) is -1.69. The van der Waals surface area contributed by atoms with Gasteiger partial charge in [0.1, 0.15) is 12.2 Å². The van der Waals surface area contributed by atoms with E-state index in [1.54, 1.807) is 64.1 Å². The van der Waals surface area contributed by atoms with Crippen LogP contribution in [-0.2, 0) is 38.1 Å². The third-order valence-corrected chi connectivity index (χ3v) is 7.67. The second-order valence-corrected chi connectivity index (χ2v) is 10.9. The molecule has 1 heterocycles. The number of ether oxygens (including phenoxy) is 2. The Bertz CT molecular complexity index is 1050. The minimum atomic E-state index is -4.03. The van der Waals surface area contributed by atoms with Crippen LogP contribution in [0, 0.1) is 13.8 Å². The lowest BCUT2D eigenvalue weighted by Crippen LogP contribution is -2.33. The lowest BCUT2D eigenvalue weighted by atomic mass is 10.2. The summed E-state index contributed by atoms with van der Waals surface area (Å²) in [5, 5.41) is 0. The Balaban J connectivity index is 1.70. The highest BCUT2D eigenvalue weighted by Gasteiger charge is 2.43. The van der Waals surface area contributed by atoms with Crippen LogP contribution in [0.3, 0.4) is 0 Å². The molecule has 31 heavy (non-hydrogen) atoms. The summed E-state index contributed by atoms with van der Waals surface area (Å²) in [7, 11) is -8.05. The van der Waals surface area contributed by atoms with E-state index in [0.717, 1.165) is 0 Å². The van der Waals surface area contributed by atoms with Gasteiger partial charge in [0.25, 0.3) is 20.2 Å². The first-order valence-electron chi connectivity index (χ1n) is 9.67. The zero-order valence-corrected chi connectivity index (χ0v) is 19.4. The SMILES string of the molecule is Cc1ccccc1S(=O)(=O)OCC1OC(C)(C)OC1COS(=O)(=O)c1ccccc1C. The van der Waals surface area contributed by atoms with Gasteiger partial charge in [-0.25, -0.2) is 0 Å². The maximum absolute atomic E-state index is 12.6. The van der Waals surface area contributed by atoms with E-state index >= 15 is 0 Å². The van der Waals surface area contributed by atoms with Gasteiger partial charge in [-0.2, -0.15) is 16.8 Å². The normalized spacial score (nSPS) is 21.3. The van der Waals surface area contributed by atoms with Crippen LogP contribution in [0.25, 0.3) is 0 Å². The predicted octanol–water partition coefficient (Wildman–Crippen LogP) is 2.93. The number of aryl methyl sites for hydroxylation is 2. The highest BCUT2D eigenvalue weighted by atomic mass is 32.2. The topological polar surface area (TPSA) is 105 Å². The van der Waals surface area contributed by atoms with Crippen LogP contribution < -0.4 is 0 Å². The summed E-state index contributed by atoms with van der Waals surface area (Å²) in [5.41, 5.74) is 1.10. The monoisotopic (exact) mass is 470 g/mol. The molecule has 2 aromatic rings. The molecule has 170 valence electrons. The van der Waals surface area contributed by atoms with Crippen molar-refractivity contribution in [3.05, 3.63) is 59.7 Å². The lowest BCUT2D eigenvalue weighted by molar-refractivity contribution is -0.150. The summed E-state index contributed by atoms with van der Waals surface area (Å²) >= 11 is 0. The molecule has 3 rings (SSSR count). The van der Waals surface area contributed by atoms with Crippen molar-refractivity contribution in [1.82, 2.24) is 0 Å². The molecule has 8 nitrogen and oxygen atoms in total. The molecule has 10 heteroatoms. The second-order valence-electron chi connectivity index (χ2n) is 7.72. The zero-order chi connectivity index (χ0) is 22.9. The minimum Gasteiger partial charge on any atom is -0.342 e. The number of hydrogen-bond acceptors (Lipinski definition) is 8. The molecule has 1 aliphatic rings. The van der Waals surface area contributed by atoms with Gasteiger partial charge in [-0.3, -0.25) is 8.37 Å². The van der Waals surface area contributed by atoms with E-state index in [9.17, 15) is 16.8 Å². The number of benzene rings is 2. The molecular formula is C21H26O8S2. The molecule has 0 amide bonds. The van der Waals surface area contributed by atoms with Crippen molar-refractivity contribution in [2.75, 3.05) is 13.2 Å². The highest BCUT2D eigenvalue weighted by Crippen LogP contribution is 2.30. The van der Waals surface area contributed by atoms with Gasteiger partial charge < -0.3 is 9.47 Å². The minimum absolute atomic E-state index is 0.0584. The van der Waals surface area contributed by atoms with Crippen molar-refractivity contribution in [2.45, 2.75) is 55.5 Å². The summed E-state index contributed by atoms with van der Waals surface area (Å²) in [6.45, 7) is 5.93. The van der Waals surface area contributed by atoms with Crippen LogP contribution in [-0.4, -0.2) is 48.0 Å². The van der Waals surface area contributed by atoms with Crippen molar-refractivity contribution in [3.63, 3.8) is 0 Å². The van der Waals surface area contributed by atoms with Crippen LogP contribution in [0.2, 0.25) is 0 Å². The van der Waals surface area contributed by atoms with E-state index in [1.807, 2.05) is 0 Å². The second kappa shape index (κ2) is 8.97. The predicted molar refractivity (Wildman–Crippen MR) is 112 cm³/mol. The molecule has 0 N–H and O–H groups in total. The van der Waals surface area contributed by atoms with Crippen LogP contribution in [0.1, 0.15) is 25.0 Å². The summed E-state index contributed by atoms with van der Waals surface area (Å²) in [4.78, 5) is 0.117. The molecule has 1 fully saturated rings. The average Bonchev–Trinajstić information content (AvgIpc) is 2.99. The average molecular weight is 471 g/mol. The largest absolute Gasteiger partial charge is 0.342 e. The first-order valence-corrected chi connectivity index (χ1v) is 12.5. The van der Waals surface area contributed by atoms with Crippen LogP contribution in [0.15, 0.2) is 58.3 Å². The molecule has 0 spiro atoms. The molecule has 2 unspecified atom stereocenters. The molecule has 2 atom stereocenters. The fraction of sp³-hybridized carbons (Fsp3) is 0.429. The van der Waals surface area contributed by atoms with Crippen LogP contribution in [0.5, 0.6) is 0 Å². The van der Waals surface area contributed by atoms with E-state index in [2.05, 4.69) is 0 Å². The summed E-state index contributed by atoms with van der Waals surface area (Å²) in [6, 6.07) is 12.9. The van der Waals surface area contributed by atoms with Crippen molar-refractivity contribution in [2.24, 2.45) is 0 Å². The van der Waals surface area contributed by atoms with Gasteiger partial charge in [-0.05, 0) is 51.0 Å². The first-order chi connectivity index (χ1) is 14.4. The molecule has 0 saturated carbocycles. The Morgan fingerprint density at radius 2 is 1.10 bits per heavy atom. The maximum atomic E-state index is 12.6. The van der Waals surface area contributed by atoms with Gasteiger partial charge in [0, 0.05) is 0 Å². The molecule has 0 aromatic heterocycles. The van der Waals surface area contributed by atoms with Crippen LogP contribution in [0.4, 0.5) is 0 Å². The van der Waals surface area contributed by atoms with Crippen LogP contribution >= 0.6 is 0 Å². The lowest BCUT2D eigenvalue weighted by Gasteiger charge is -2.17. The van der Waals surface area contributed by atoms with Gasteiger partial charge in [0.2, 0.25) is 0 Å². The molecule has 0 bridgehead atoms. The molecular weight excluding hydrogens is 444 g/mol. The highest BCUT2D eigenvalue weighted by molar-refractivity contribution is 7.87. The van der Waals surface area contributed by atoms with Gasteiger partial charge in [0.05, 0.1) is 23.0 Å². The van der Waals surface area contributed by atoms with E-state index in [1.165, 1.54) is 12.1 Å². The Labute approximate surface area is 183 Å². The van der Waals surface area contributed by atoms with Crippen molar-refractivity contribution < 1.29 is 34.7 Å². The number of hydrogen-bond donors (Lipinski definition) is 0. The van der Waals surface area contributed by atoms with Gasteiger partial charge in [0.15, 0.2) is 5.79 Å². The Kier molecular flexibility index (Phi) is 6.90. The van der Waals surface area contributed by atoms with Gasteiger partial charge in [-0.1, -0.05) is 36.4 Å². The fourth-order valence-corrected chi connectivity index (χ4v) is 5.60. The fourth-order valence-electron chi connectivity index (χ4n) is 3.31. The standard InChI is InChI=1S/C21H26O8S2/c1-15-9-5-7-11-19(15)30(22,23)26-13-17-18(29-21(3,4)28-17)14-27-31(24,25)20-12-8-6-10-16(20)2/h5-12,17-18H,13-14H2,1-4H3. The summed E-state index contributed by atoms with van der Waals surface area (Å²) in [5.74, 6) is -1.05. The molecule has 0 radical (unpaired) electrons. The molecule has 1 saturated heterocycles. The molecule has 2 aromatic carbocycles. The first kappa shape index (κ1) is 23.8. The van der Waals surface area contributed by atoms with Gasteiger partial charge >= 0.3 is 0 Å². The van der Waals surface area contributed by atoms with Crippen molar-refractivity contribution in [3.8, 4) is 0 Å². The van der Waals surface area contributed by atoms with Crippen molar-refractivity contribution >= 4 is 20.2 Å². The van der Waals surface area contributed by atoms with Gasteiger partial charge in [-0.15, -0.1) is 0 Å². The number of rotatable bonds is 8. The summed E-state index contributed by atoms with van der Waals surface area (Å²) < 4.78 is 72.2. The van der Waals surface area contributed by atoms with E-state index < -0.39 is 38.2 Å². The molecule has 0 aliphatic carbocycles. The Hall–Kier alpha value is -1.82. The Morgan fingerprint density at radius 1 is 0.742 bits per heavy atom. The van der Waals surface area contributed by atoms with E-state index in [0.29, 0.717) is 11.1 Å².